The summed E-state index contributed by atoms with van der Waals surface area (Å²) in [5, 5.41) is 18.0. The van der Waals surface area contributed by atoms with Gasteiger partial charge in [0.2, 0.25) is 10.0 Å². The standard InChI is InChI=1S/C9H11Cl2NO4S/c10-8-2-1-7(3-9(8)11)17(15,16)12-6(4-13)5-14/h1-3,6,12-14H,4-5H2. The van der Waals surface area contributed by atoms with E-state index in [2.05, 4.69) is 4.72 Å². The molecular weight excluding hydrogens is 289 g/mol. The van der Waals surface area contributed by atoms with Gasteiger partial charge in [-0.3, -0.25) is 0 Å². The highest BCUT2D eigenvalue weighted by Crippen LogP contribution is 2.24. The number of hydrogen-bond donors (Lipinski definition) is 3. The van der Waals surface area contributed by atoms with Crippen LogP contribution in [0.15, 0.2) is 23.1 Å². The number of rotatable bonds is 5. The van der Waals surface area contributed by atoms with Crippen molar-refractivity contribution in [1.29, 1.82) is 0 Å². The van der Waals surface area contributed by atoms with Gasteiger partial charge in [-0.2, -0.15) is 0 Å². The minimum atomic E-state index is -3.84. The maximum absolute atomic E-state index is 11.8. The lowest BCUT2D eigenvalue weighted by Crippen LogP contribution is -2.39. The molecule has 1 rings (SSSR count). The summed E-state index contributed by atoms with van der Waals surface area (Å²) in [5.41, 5.74) is 0. The number of sulfonamides is 1. The van der Waals surface area contributed by atoms with Gasteiger partial charge in [0, 0.05) is 0 Å². The van der Waals surface area contributed by atoms with Crippen LogP contribution in [0.4, 0.5) is 0 Å². The van der Waals surface area contributed by atoms with Gasteiger partial charge >= 0.3 is 0 Å². The summed E-state index contributed by atoms with van der Waals surface area (Å²) in [6.45, 7) is -1.01. The van der Waals surface area contributed by atoms with Crippen molar-refractivity contribution in [2.75, 3.05) is 13.2 Å². The average molecular weight is 300 g/mol. The quantitative estimate of drug-likeness (QED) is 0.744. The number of aliphatic hydroxyl groups is 2. The molecule has 0 atom stereocenters. The van der Waals surface area contributed by atoms with E-state index in [1.54, 1.807) is 0 Å². The maximum atomic E-state index is 11.8. The molecule has 0 aliphatic heterocycles. The Labute approximate surface area is 109 Å². The van der Waals surface area contributed by atoms with Crippen LogP contribution in [0.3, 0.4) is 0 Å². The fourth-order valence-corrected chi connectivity index (χ4v) is 2.67. The first-order chi connectivity index (χ1) is 7.90. The van der Waals surface area contributed by atoms with Crippen LogP contribution in [0.1, 0.15) is 0 Å². The zero-order valence-electron chi connectivity index (χ0n) is 8.60. The van der Waals surface area contributed by atoms with E-state index in [-0.39, 0.29) is 14.9 Å². The topological polar surface area (TPSA) is 86.6 Å². The molecular formula is C9H11Cl2NO4S. The van der Waals surface area contributed by atoms with E-state index in [0.717, 1.165) is 0 Å². The van der Waals surface area contributed by atoms with Gasteiger partial charge in [-0.15, -0.1) is 0 Å². The predicted octanol–water partition coefficient (Wildman–Crippen LogP) is 0.625. The summed E-state index contributed by atoms with van der Waals surface area (Å²) >= 11 is 11.4. The van der Waals surface area contributed by atoms with E-state index in [0.29, 0.717) is 0 Å². The average Bonchev–Trinajstić information content (AvgIpc) is 2.29. The Morgan fingerprint density at radius 1 is 1.18 bits per heavy atom. The zero-order valence-corrected chi connectivity index (χ0v) is 10.9. The lowest BCUT2D eigenvalue weighted by atomic mass is 10.4. The lowest BCUT2D eigenvalue weighted by Gasteiger charge is -2.13. The van der Waals surface area contributed by atoms with Crippen LogP contribution in [0.2, 0.25) is 10.0 Å². The van der Waals surface area contributed by atoms with E-state index in [1.807, 2.05) is 0 Å². The number of halogens is 2. The zero-order chi connectivity index (χ0) is 13.1. The van der Waals surface area contributed by atoms with Crippen molar-refractivity contribution in [3.63, 3.8) is 0 Å². The van der Waals surface area contributed by atoms with Gasteiger partial charge in [-0.1, -0.05) is 23.2 Å². The highest BCUT2D eigenvalue weighted by molar-refractivity contribution is 7.89. The van der Waals surface area contributed by atoms with E-state index < -0.39 is 29.3 Å². The molecule has 1 aromatic carbocycles. The molecule has 0 spiro atoms. The number of benzene rings is 1. The van der Waals surface area contributed by atoms with Crippen LogP contribution in [0.5, 0.6) is 0 Å². The van der Waals surface area contributed by atoms with Crippen molar-refractivity contribution < 1.29 is 18.6 Å². The Kier molecular flexibility index (Phi) is 5.18. The molecule has 0 bridgehead atoms. The van der Waals surface area contributed by atoms with Crippen LogP contribution in [-0.4, -0.2) is 37.9 Å². The van der Waals surface area contributed by atoms with Crippen molar-refractivity contribution in [2.45, 2.75) is 10.9 Å². The first kappa shape index (κ1) is 14.7. The van der Waals surface area contributed by atoms with E-state index in [9.17, 15) is 8.42 Å². The second-order valence-corrected chi connectivity index (χ2v) is 5.79. The summed E-state index contributed by atoms with van der Waals surface area (Å²) in [5.74, 6) is 0. The second kappa shape index (κ2) is 5.99. The number of nitrogens with one attached hydrogen (secondary N) is 1. The molecule has 3 N–H and O–H groups in total. The van der Waals surface area contributed by atoms with Gasteiger partial charge in [0.15, 0.2) is 0 Å². The summed E-state index contributed by atoms with van der Waals surface area (Å²) in [6, 6.07) is 2.88. The van der Waals surface area contributed by atoms with Crippen molar-refractivity contribution in [3.8, 4) is 0 Å². The van der Waals surface area contributed by atoms with Crippen molar-refractivity contribution in [1.82, 2.24) is 4.72 Å². The van der Waals surface area contributed by atoms with Crippen LogP contribution >= 0.6 is 23.2 Å². The van der Waals surface area contributed by atoms with Crippen LogP contribution in [0, 0.1) is 0 Å². The largest absolute Gasteiger partial charge is 0.395 e. The Balaban J connectivity index is 3.01. The van der Waals surface area contributed by atoms with Gasteiger partial charge < -0.3 is 10.2 Å². The Morgan fingerprint density at radius 3 is 2.24 bits per heavy atom. The van der Waals surface area contributed by atoms with Crippen molar-refractivity contribution in [2.24, 2.45) is 0 Å². The normalized spacial score (nSPS) is 12.1. The highest BCUT2D eigenvalue weighted by Gasteiger charge is 2.19. The molecule has 0 aliphatic carbocycles. The molecule has 0 unspecified atom stereocenters. The van der Waals surface area contributed by atoms with Gasteiger partial charge in [0.1, 0.15) is 0 Å². The van der Waals surface area contributed by atoms with Crippen LogP contribution in [0.25, 0.3) is 0 Å². The molecule has 0 heterocycles. The maximum Gasteiger partial charge on any atom is 0.241 e. The third-order valence-corrected chi connectivity index (χ3v) is 4.22. The third kappa shape index (κ3) is 3.80. The van der Waals surface area contributed by atoms with Crippen LogP contribution in [-0.2, 0) is 10.0 Å². The molecule has 1 aromatic rings. The molecule has 17 heavy (non-hydrogen) atoms. The molecule has 5 nitrogen and oxygen atoms in total. The fraction of sp³-hybridized carbons (Fsp3) is 0.333. The minimum absolute atomic E-state index is 0.0844. The monoisotopic (exact) mass is 299 g/mol. The highest BCUT2D eigenvalue weighted by atomic mass is 35.5. The molecule has 0 radical (unpaired) electrons. The number of aliphatic hydroxyl groups excluding tert-OH is 2. The molecule has 0 fully saturated rings. The molecule has 0 saturated carbocycles. The fourth-order valence-electron chi connectivity index (χ4n) is 1.06. The summed E-state index contributed by atoms with van der Waals surface area (Å²) < 4.78 is 25.7. The molecule has 0 aromatic heterocycles. The second-order valence-electron chi connectivity index (χ2n) is 3.26. The molecule has 0 amide bonds. The third-order valence-electron chi connectivity index (χ3n) is 1.96. The molecule has 8 heteroatoms. The van der Waals surface area contributed by atoms with Crippen LogP contribution < -0.4 is 4.72 Å². The van der Waals surface area contributed by atoms with Gasteiger partial charge in [0.05, 0.1) is 34.2 Å². The first-order valence-corrected chi connectivity index (χ1v) is 6.83. The molecule has 96 valence electrons. The van der Waals surface area contributed by atoms with E-state index in [1.165, 1.54) is 18.2 Å². The minimum Gasteiger partial charge on any atom is -0.395 e. The smallest absolute Gasteiger partial charge is 0.241 e. The molecule has 0 saturated heterocycles. The first-order valence-electron chi connectivity index (χ1n) is 4.60. The van der Waals surface area contributed by atoms with E-state index >= 15 is 0 Å². The summed E-state index contributed by atoms with van der Waals surface area (Å²) in [4.78, 5) is -0.0844. The van der Waals surface area contributed by atoms with Gasteiger partial charge in [-0.25, -0.2) is 13.1 Å². The van der Waals surface area contributed by atoms with Crippen molar-refractivity contribution in [3.05, 3.63) is 28.2 Å². The molecule has 0 aliphatic rings. The Morgan fingerprint density at radius 2 is 1.76 bits per heavy atom. The SMILES string of the molecule is O=S(=O)(NC(CO)CO)c1ccc(Cl)c(Cl)c1. The van der Waals surface area contributed by atoms with E-state index in [4.69, 9.17) is 33.4 Å². The lowest BCUT2D eigenvalue weighted by molar-refractivity contribution is 0.185. The Hall–Kier alpha value is -0.370. The summed E-state index contributed by atoms with van der Waals surface area (Å²) in [7, 11) is -3.84. The summed E-state index contributed by atoms with van der Waals surface area (Å²) in [6.07, 6.45) is 0. The Bertz CT molecular complexity index is 488. The predicted molar refractivity (Wildman–Crippen MR) is 64.7 cm³/mol. The van der Waals surface area contributed by atoms with Crippen molar-refractivity contribution >= 4 is 33.2 Å². The van der Waals surface area contributed by atoms with Gasteiger partial charge in [0.25, 0.3) is 0 Å². The number of hydrogen-bond acceptors (Lipinski definition) is 4. The van der Waals surface area contributed by atoms with Gasteiger partial charge in [-0.05, 0) is 18.2 Å².